The number of amides is 1. The molecule has 0 radical (unpaired) electrons. The molecule has 1 saturated heterocycles. The standard InChI is InChI=1S/C15H22N2O4.ClH/c1-11-9-12(20-8-7-19-2)3-4-13(11)17-15(18)14-10-16-5-6-21-14;/h3-4,9,14,16H,5-8,10H2,1-2H3,(H,17,18);1H. The number of halogens is 1. The number of benzene rings is 1. The average Bonchev–Trinajstić information content (AvgIpc) is 2.51. The van der Waals surface area contributed by atoms with Crippen LogP contribution in [0.25, 0.3) is 0 Å². The van der Waals surface area contributed by atoms with E-state index in [1.165, 1.54) is 0 Å². The lowest BCUT2D eigenvalue weighted by molar-refractivity contribution is -0.128. The second-order valence-corrected chi connectivity index (χ2v) is 4.87. The molecule has 1 aromatic rings. The van der Waals surface area contributed by atoms with Crippen LogP contribution in [0.5, 0.6) is 5.75 Å². The summed E-state index contributed by atoms with van der Waals surface area (Å²) in [6.45, 7) is 4.87. The van der Waals surface area contributed by atoms with Crippen molar-refractivity contribution in [3.63, 3.8) is 0 Å². The molecule has 0 aromatic heterocycles. The highest BCUT2D eigenvalue weighted by molar-refractivity contribution is 5.95. The zero-order chi connectivity index (χ0) is 15.1. The van der Waals surface area contributed by atoms with Gasteiger partial charge in [0.15, 0.2) is 0 Å². The van der Waals surface area contributed by atoms with E-state index in [1.54, 1.807) is 7.11 Å². The molecule has 1 amide bonds. The third kappa shape index (κ3) is 5.46. The fraction of sp³-hybridized carbons (Fsp3) is 0.533. The number of ether oxygens (including phenoxy) is 3. The summed E-state index contributed by atoms with van der Waals surface area (Å²) in [7, 11) is 1.63. The highest BCUT2D eigenvalue weighted by Crippen LogP contribution is 2.21. The van der Waals surface area contributed by atoms with Gasteiger partial charge in [-0.15, -0.1) is 12.4 Å². The van der Waals surface area contributed by atoms with E-state index in [2.05, 4.69) is 10.6 Å². The molecule has 1 atom stereocenters. The van der Waals surface area contributed by atoms with Gasteiger partial charge in [0.1, 0.15) is 18.5 Å². The number of carbonyl (C=O) groups is 1. The number of morpholine rings is 1. The van der Waals surface area contributed by atoms with Crippen LogP contribution in [-0.4, -0.2) is 52.0 Å². The number of methoxy groups -OCH3 is 1. The highest BCUT2D eigenvalue weighted by atomic mass is 35.5. The summed E-state index contributed by atoms with van der Waals surface area (Å²) in [6.07, 6.45) is -0.434. The van der Waals surface area contributed by atoms with E-state index >= 15 is 0 Å². The Bertz CT molecular complexity index is 479. The number of hydrogen-bond acceptors (Lipinski definition) is 5. The van der Waals surface area contributed by atoms with Crippen molar-refractivity contribution in [2.75, 3.05) is 45.3 Å². The Morgan fingerprint density at radius 1 is 1.45 bits per heavy atom. The van der Waals surface area contributed by atoms with E-state index in [0.717, 1.165) is 23.5 Å². The molecule has 0 saturated carbocycles. The van der Waals surface area contributed by atoms with Gasteiger partial charge in [0.25, 0.3) is 5.91 Å². The molecule has 1 unspecified atom stereocenters. The smallest absolute Gasteiger partial charge is 0.254 e. The molecule has 0 bridgehead atoms. The summed E-state index contributed by atoms with van der Waals surface area (Å²) in [4.78, 5) is 12.1. The molecular formula is C15H23ClN2O4. The van der Waals surface area contributed by atoms with Gasteiger partial charge in [0.05, 0.1) is 13.2 Å². The highest BCUT2D eigenvalue weighted by Gasteiger charge is 2.22. The molecule has 7 heteroatoms. The lowest BCUT2D eigenvalue weighted by atomic mass is 10.1. The first-order valence-corrected chi connectivity index (χ1v) is 7.06. The van der Waals surface area contributed by atoms with Crippen molar-refractivity contribution in [3.8, 4) is 5.75 Å². The molecule has 2 N–H and O–H groups in total. The molecule has 124 valence electrons. The predicted molar refractivity (Wildman–Crippen MR) is 87.0 cm³/mol. The van der Waals surface area contributed by atoms with Crippen LogP contribution in [0.4, 0.5) is 5.69 Å². The number of nitrogens with one attached hydrogen (secondary N) is 2. The Hall–Kier alpha value is -1.34. The van der Waals surface area contributed by atoms with E-state index in [4.69, 9.17) is 14.2 Å². The van der Waals surface area contributed by atoms with E-state index in [1.807, 2.05) is 25.1 Å². The first-order valence-electron chi connectivity index (χ1n) is 7.06. The van der Waals surface area contributed by atoms with Gasteiger partial charge in [-0.3, -0.25) is 4.79 Å². The van der Waals surface area contributed by atoms with Crippen LogP contribution < -0.4 is 15.4 Å². The molecule has 0 aliphatic carbocycles. The van der Waals surface area contributed by atoms with Gasteiger partial charge in [0.2, 0.25) is 0 Å². The predicted octanol–water partition coefficient (Wildman–Crippen LogP) is 1.37. The SMILES string of the molecule is COCCOc1ccc(NC(=O)C2CNCCO2)c(C)c1.Cl. The number of aryl methyl sites for hydroxylation is 1. The maximum absolute atomic E-state index is 12.1. The van der Waals surface area contributed by atoms with Crippen LogP contribution in [0, 0.1) is 6.92 Å². The van der Waals surface area contributed by atoms with Gasteiger partial charge in [-0.25, -0.2) is 0 Å². The van der Waals surface area contributed by atoms with Gasteiger partial charge in [-0.1, -0.05) is 0 Å². The average molecular weight is 331 g/mol. The topological polar surface area (TPSA) is 68.8 Å². The summed E-state index contributed by atoms with van der Waals surface area (Å²) in [6, 6.07) is 5.56. The zero-order valence-electron chi connectivity index (χ0n) is 12.9. The minimum absolute atomic E-state index is 0. The van der Waals surface area contributed by atoms with Crippen molar-refractivity contribution in [2.24, 2.45) is 0 Å². The van der Waals surface area contributed by atoms with Gasteiger partial charge >= 0.3 is 0 Å². The minimum Gasteiger partial charge on any atom is -0.491 e. The largest absolute Gasteiger partial charge is 0.491 e. The van der Waals surface area contributed by atoms with Crippen LogP contribution in [0.1, 0.15) is 5.56 Å². The van der Waals surface area contributed by atoms with E-state index in [0.29, 0.717) is 26.4 Å². The Morgan fingerprint density at radius 3 is 2.91 bits per heavy atom. The number of carbonyl (C=O) groups excluding carboxylic acids is 1. The van der Waals surface area contributed by atoms with E-state index < -0.39 is 6.10 Å². The molecule has 0 spiro atoms. The van der Waals surface area contributed by atoms with Gasteiger partial charge in [0, 0.05) is 25.9 Å². The first-order chi connectivity index (χ1) is 10.2. The zero-order valence-corrected chi connectivity index (χ0v) is 13.7. The summed E-state index contributed by atoms with van der Waals surface area (Å²) in [5.74, 6) is 0.636. The fourth-order valence-corrected chi connectivity index (χ4v) is 2.06. The van der Waals surface area contributed by atoms with Gasteiger partial charge in [-0.05, 0) is 30.7 Å². The third-order valence-corrected chi connectivity index (χ3v) is 3.23. The molecule has 2 rings (SSSR count). The Labute approximate surface area is 136 Å². The number of anilines is 1. The van der Waals surface area contributed by atoms with Crippen LogP contribution in [-0.2, 0) is 14.3 Å². The molecule has 1 aromatic carbocycles. The van der Waals surface area contributed by atoms with Crippen LogP contribution >= 0.6 is 12.4 Å². The fourth-order valence-electron chi connectivity index (χ4n) is 2.06. The summed E-state index contributed by atoms with van der Waals surface area (Å²) in [5, 5.41) is 6.03. The van der Waals surface area contributed by atoms with Gasteiger partial charge < -0.3 is 24.8 Å². The molecular weight excluding hydrogens is 308 g/mol. The second-order valence-electron chi connectivity index (χ2n) is 4.87. The van der Waals surface area contributed by atoms with Crippen molar-refractivity contribution in [2.45, 2.75) is 13.0 Å². The van der Waals surface area contributed by atoms with Crippen molar-refractivity contribution in [1.82, 2.24) is 5.32 Å². The van der Waals surface area contributed by atoms with E-state index in [9.17, 15) is 4.79 Å². The Kier molecular flexibility index (Phi) is 8.19. The molecule has 1 fully saturated rings. The normalized spacial score (nSPS) is 17.5. The number of rotatable bonds is 6. The monoisotopic (exact) mass is 330 g/mol. The van der Waals surface area contributed by atoms with Crippen LogP contribution in [0.15, 0.2) is 18.2 Å². The molecule has 22 heavy (non-hydrogen) atoms. The number of hydrogen-bond donors (Lipinski definition) is 2. The third-order valence-electron chi connectivity index (χ3n) is 3.23. The molecule has 1 aliphatic heterocycles. The van der Waals surface area contributed by atoms with Gasteiger partial charge in [-0.2, -0.15) is 0 Å². The van der Waals surface area contributed by atoms with Crippen molar-refractivity contribution in [3.05, 3.63) is 23.8 Å². The Balaban J connectivity index is 0.00000242. The minimum atomic E-state index is -0.434. The summed E-state index contributed by atoms with van der Waals surface area (Å²) < 4.78 is 15.9. The lowest BCUT2D eigenvalue weighted by Gasteiger charge is -2.23. The maximum Gasteiger partial charge on any atom is 0.254 e. The van der Waals surface area contributed by atoms with Crippen LogP contribution in [0.2, 0.25) is 0 Å². The molecule has 1 aliphatic rings. The van der Waals surface area contributed by atoms with E-state index in [-0.39, 0.29) is 18.3 Å². The van der Waals surface area contributed by atoms with Crippen molar-refractivity contribution >= 4 is 24.0 Å². The second kappa shape index (κ2) is 9.63. The summed E-state index contributed by atoms with van der Waals surface area (Å²) in [5.41, 5.74) is 1.72. The molecule has 6 nitrogen and oxygen atoms in total. The first kappa shape index (κ1) is 18.7. The van der Waals surface area contributed by atoms with Crippen molar-refractivity contribution < 1.29 is 19.0 Å². The lowest BCUT2D eigenvalue weighted by Crippen LogP contribution is -2.45. The Morgan fingerprint density at radius 2 is 2.27 bits per heavy atom. The summed E-state index contributed by atoms with van der Waals surface area (Å²) >= 11 is 0. The quantitative estimate of drug-likeness (QED) is 0.771. The van der Waals surface area contributed by atoms with Crippen molar-refractivity contribution in [1.29, 1.82) is 0 Å². The maximum atomic E-state index is 12.1. The molecule has 1 heterocycles. The van der Waals surface area contributed by atoms with Crippen LogP contribution in [0.3, 0.4) is 0 Å².